The first-order chi connectivity index (χ1) is 13.7. The summed E-state index contributed by atoms with van der Waals surface area (Å²) in [7, 11) is -2.23. The van der Waals surface area contributed by atoms with Crippen LogP contribution in [0.2, 0.25) is 0 Å². The molecule has 3 rings (SSSR count). The molecule has 30 heavy (non-hydrogen) atoms. The number of aliphatic hydroxyl groups is 1. The first kappa shape index (κ1) is 24.6. The van der Waals surface area contributed by atoms with Crippen LogP contribution in [0.15, 0.2) is 24.8 Å². The van der Waals surface area contributed by atoms with Gasteiger partial charge in [-0.15, -0.1) is 0 Å². The van der Waals surface area contributed by atoms with Gasteiger partial charge in [-0.05, 0) is 54.0 Å². The lowest BCUT2D eigenvalue weighted by molar-refractivity contribution is -0.119. The van der Waals surface area contributed by atoms with E-state index < -0.39 is 18.5 Å². The van der Waals surface area contributed by atoms with Gasteiger partial charge in [0.1, 0.15) is 0 Å². The van der Waals surface area contributed by atoms with Crippen molar-refractivity contribution >= 4 is 19.9 Å². The Labute approximate surface area is 177 Å². The van der Waals surface area contributed by atoms with Crippen LogP contribution in [0.1, 0.15) is 54.0 Å². The number of aromatic amines is 2. The SMILES string of the molecule is CC(C)(O)C(C)(Cc1cn[nH]c1)OB(O)O.CC1(C)OB(c2cn[nH]c2)OC1(C)C. The lowest BCUT2D eigenvalue weighted by Crippen LogP contribution is -2.54. The van der Waals surface area contributed by atoms with Crippen LogP contribution in [0.3, 0.4) is 0 Å². The van der Waals surface area contributed by atoms with E-state index in [1.807, 2.05) is 27.7 Å². The van der Waals surface area contributed by atoms with Gasteiger partial charge >= 0.3 is 14.4 Å². The fourth-order valence-corrected chi connectivity index (χ4v) is 2.77. The fraction of sp³-hybridized carbons (Fsp3) is 0.667. The molecule has 0 radical (unpaired) electrons. The van der Waals surface area contributed by atoms with E-state index >= 15 is 0 Å². The van der Waals surface area contributed by atoms with E-state index in [2.05, 4.69) is 20.4 Å². The maximum Gasteiger partial charge on any atom is 0.634 e. The first-order valence-corrected chi connectivity index (χ1v) is 9.75. The Kier molecular flexibility index (Phi) is 7.22. The molecule has 1 unspecified atom stereocenters. The third-order valence-corrected chi connectivity index (χ3v) is 5.80. The number of nitrogens with zero attached hydrogens (tertiary/aromatic N) is 2. The third-order valence-electron chi connectivity index (χ3n) is 5.80. The van der Waals surface area contributed by atoms with E-state index in [1.165, 1.54) is 0 Å². The summed E-state index contributed by atoms with van der Waals surface area (Å²) in [5.41, 5.74) is -1.17. The number of rotatable bonds is 6. The van der Waals surface area contributed by atoms with E-state index in [-0.39, 0.29) is 18.3 Å². The van der Waals surface area contributed by atoms with Gasteiger partial charge in [-0.1, -0.05) is 0 Å². The second-order valence-electron chi connectivity index (χ2n) is 9.14. The molecule has 3 heterocycles. The van der Waals surface area contributed by atoms with Gasteiger partial charge < -0.3 is 29.1 Å². The highest BCUT2D eigenvalue weighted by Crippen LogP contribution is 2.36. The number of hydrogen-bond donors (Lipinski definition) is 5. The molecule has 12 heteroatoms. The quantitative estimate of drug-likeness (QED) is 0.415. The van der Waals surface area contributed by atoms with E-state index in [4.69, 9.17) is 24.0 Å². The summed E-state index contributed by atoms with van der Waals surface area (Å²) >= 11 is 0. The number of hydrogen-bond acceptors (Lipinski definition) is 8. The number of aromatic nitrogens is 4. The van der Waals surface area contributed by atoms with Crippen molar-refractivity contribution in [2.24, 2.45) is 0 Å². The van der Waals surface area contributed by atoms with Crippen molar-refractivity contribution in [2.75, 3.05) is 0 Å². The van der Waals surface area contributed by atoms with Crippen molar-refractivity contribution in [1.29, 1.82) is 0 Å². The first-order valence-electron chi connectivity index (χ1n) is 9.75. The molecule has 0 amide bonds. The van der Waals surface area contributed by atoms with E-state index in [1.54, 1.807) is 45.6 Å². The van der Waals surface area contributed by atoms with Crippen molar-refractivity contribution in [3.63, 3.8) is 0 Å². The second-order valence-corrected chi connectivity index (χ2v) is 9.14. The van der Waals surface area contributed by atoms with Crippen molar-refractivity contribution < 1.29 is 29.1 Å². The van der Waals surface area contributed by atoms with Crippen molar-refractivity contribution in [1.82, 2.24) is 20.4 Å². The molecule has 2 aromatic rings. The Balaban J connectivity index is 0.000000215. The van der Waals surface area contributed by atoms with Crippen LogP contribution in [0.4, 0.5) is 0 Å². The van der Waals surface area contributed by atoms with Crippen LogP contribution in [-0.4, -0.2) is 72.4 Å². The van der Waals surface area contributed by atoms with Crippen LogP contribution < -0.4 is 5.46 Å². The van der Waals surface area contributed by atoms with Crippen molar-refractivity contribution in [3.8, 4) is 0 Å². The molecule has 1 aliphatic heterocycles. The minimum absolute atomic E-state index is 0.283. The van der Waals surface area contributed by atoms with Gasteiger partial charge in [-0.3, -0.25) is 10.2 Å². The zero-order valence-electron chi connectivity index (χ0n) is 18.6. The highest BCUT2D eigenvalue weighted by molar-refractivity contribution is 6.61. The third kappa shape index (κ3) is 5.71. The standard InChI is InChI=1S/C9H17BN2O4.C9H15BN2O2/c1-8(2,13)9(3,16-10(14)15)4-7-5-11-12-6-7;1-8(2)9(3,4)14-10(13-8)7-5-11-12-6-7/h5-6,13-15H,4H2,1-3H3,(H,11,12);5-6H,1-4H3,(H,11,12). The molecule has 5 N–H and O–H groups in total. The Morgan fingerprint density at radius 2 is 1.57 bits per heavy atom. The lowest BCUT2D eigenvalue weighted by Gasteiger charge is -2.40. The lowest BCUT2D eigenvalue weighted by atomic mass is 9.81. The molecule has 0 aliphatic carbocycles. The summed E-state index contributed by atoms with van der Waals surface area (Å²) in [6.07, 6.45) is 7.09. The average molecular weight is 422 g/mol. The minimum atomic E-state index is -1.93. The summed E-state index contributed by atoms with van der Waals surface area (Å²) < 4.78 is 16.6. The minimum Gasteiger partial charge on any atom is -0.402 e. The molecular formula is C18H32B2N4O6. The Morgan fingerprint density at radius 1 is 1.03 bits per heavy atom. The second kappa shape index (κ2) is 8.81. The molecular weight excluding hydrogens is 390 g/mol. The molecule has 1 atom stereocenters. The smallest absolute Gasteiger partial charge is 0.402 e. The normalized spacial score (nSPS) is 19.7. The molecule has 0 spiro atoms. The monoisotopic (exact) mass is 422 g/mol. The topological polar surface area (TPSA) is 146 Å². The summed E-state index contributed by atoms with van der Waals surface area (Å²) in [6.45, 7) is 12.9. The number of nitrogens with one attached hydrogen (secondary N) is 2. The Morgan fingerprint density at radius 3 is 1.97 bits per heavy atom. The fourth-order valence-electron chi connectivity index (χ4n) is 2.77. The predicted octanol–water partition coefficient (Wildman–Crippen LogP) is 0.177. The zero-order valence-corrected chi connectivity index (χ0v) is 18.6. The maximum atomic E-state index is 10.0. The molecule has 0 aromatic carbocycles. The summed E-state index contributed by atoms with van der Waals surface area (Å²) in [5, 5.41) is 40.8. The Bertz CT molecular complexity index is 761. The van der Waals surface area contributed by atoms with Gasteiger partial charge in [0.25, 0.3) is 0 Å². The molecule has 166 valence electrons. The van der Waals surface area contributed by atoms with Gasteiger partial charge in [0.15, 0.2) is 0 Å². The van der Waals surface area contributed by atoms with Gasteiger partial charge in [0.2, 0.25) is 0 Å². The van der Waals surface area contributed by atoms with E-state index in [0.717, 1.165) is 11.0 Å². The average Bonchev–Trinajstić information content (AvgIpc) is 3.28. The van der Waals surface area contributed by atoms with Gasteiger partial charge in [-0.2, -0.15) is 10.2 Å². The van der Waals surface area contributed by atoms with Crippen LogP contribution in [0.25, 0.3) is 0 Å². The summed E-state index contributed by atoms with van der Waals surface area (Å²) in [5.74, 6) is 0. The molecule has 2 aromatic heterocycles. The molecule has 1 fully saturated rings. The predicted molar refractivity (Wildman–Crippen MR) is 113 cm³/mol. The van der Waals surface area contributed by atoms with Gasteiger partial charge in [0.05, 0.1) is 28.6 Å². The molecule has 1 saturated heterocycles. The van der Waals surface area contributed by atoms with Crippen LogP contribution in [-0.2, 0) is 20.4 Å². The van der Waals surface area contributed by atoms with Crippen LogP contribution in [0.5, 0.6) is 0 Å². The maximum absolute atomic E-state index is 10.0. The highest BCUT2D eigenvalue weighted by atomic mass is 16.7. The van der Waals surface area contributed by atoms with E-state index in [0.29, 0.717) is 6.42 Å². The summed E-state index contributed by atoms with van der Waals surface area (Å²) in [6, 6.07) is 0. The molecule has 0 bridgehead atoms. The summed E-state index contributed by atoms with van der Waals surface area (Å²) in [4.78, 5) is 0. The Hall–Kier alpha value is -1.69. The molecule has 0 saturated carbocycles. The number of H-pyrrole nitrogens is 2. The highest BCUT2D eigenvalue weighted by Gasteiger charge is 2.52. The van der Waals surface area contributed by atoms with Crippen molar-refractivity contribution in [2.45, 2.75) is 77.3 Å². The molecule has 1 aliphatic rings. The van der Waals surface area contributed by atoms with Crippen LogP contribution >= 0.6 is 0 Å². The zero-order chi connectivity index (χ0) is 22.8. The van der Waals surface area contributed by atoms with Gasteiger partial charge in [-0.25, -0.2) is 0 Å². The molecule has 10 nitrogen and oxygen atoms in total. The largest absolute Gasteiger partial charge is 0.634 e. The van der Waals surface area contributed by atoms with Crippen LogP contribution in [0, 0.1) is 0 Å². The van der Waals surface area contributed by atoms with E-state index in [9.17, 15) is 5.11 Å². The van der Waals surface area contributed by atoms with Gasteiger partial charge in [0, 0.05) is 30.5 Å². The van der Waals surface area contributed by atoms with Crippen molar-refractivity contribution in [3.05, 3.63) is 30.4 Å².